The Bertz CT molecular complexity index is 746. The maximum absolute atomic E-state index is 13.6. The number of hydrogen-bond donors (Lipinski definition) is 1. The SMILES string of the molecule is Cc1ccc(CCC(N)c2cc3cccc(F)c3o2)cc1. The van der Waals surface area contributed by atoms with Crippen molar-refractivity contribution in [2.75, 3.05) is 0 Å². The molecule has 0 aliphatic carbocycles. The van der Waals surface area contributed by atoms with Gasteiger partial charge in [-0.05, 0) is 37.5 Å². The molecule has 1 heterocycles. The third-order valence-electron chi connectivity index (χ3n) is 3.75. The van der Waals surface area contributed by atoms with Crippen molar-refractivity contribution in [1.82, 2.24) is 0 Å². The van der Waals surface area contributed by atoms with Crippen molar-refractivity contribution < 1.29 is 8.81 Å². The highest BCUT2D eigenvalue weighted by Gasteiger charge is 2.14. The third-order valence-corrected chi connectivity index (χ3v) is 3.75. The van der Waals surface area contributed by atoms with Crippen LogP contribution < -0.4 is 5.73 Å². The van der Waals surface area contributed by atoms with Gasteiger partial charge < -0.3 is 10.2 Å². The summed E-state index contributed by atoms with van der Waals surface area (Å²) in [6.07, 6.45) is 1.64. The molecule has 0 radical (unpaired) electrons. The molecule has 0 saturated heterocycles. The Balaban J connectivity index is 1.73. The minimum Gasteiger partial charge on any atom is -0.456 e. The van der Waals surface area contributed by atoms with E-state index in [1.807, 2.05) is 12.1 Å². The zero-order chi connectivity index (χ0) is 14.8. The Kier molecular flexibility index (Phi) is 3.76. The van der Waals surface area contributed by atoms with Crippen LogP contribution in [0.5, 0.6) is 0 Å². The van der Waals surface area contributed by atoms with Gasteiger partial charge in [-0.2, -0.15) is 0 Å². The Hall–Kier alpha value is -2.13. The van der Waals surface area contributed by atoms with E-state index in [4.69, 9.17) is 10.2 Å². The van der Waals surface area contributed by atoms with Crippen molar-refractivity contribution in [2.45, 2.75) is 25.8 Å². The molecule has 3 aromatic rings. The van der Waals surface area contributed by atoms with Crippen LogP contribution in [0.4, 0.5) is 4.39 Å². The average Bonchev–Trinajstić information content (AvgIpc) is 2.92. The summed E-state index contributed by atoms with van der Waals surface area (Å²) in [5.41, 5.74) is 8.96. The summed E-state index contributed by atoms with van der Waals surface area (Å²) < 4.78 is 19.2. The molecule has 108 valence electrons. The molecule has 0 fully saturated rings. The average molecular weight is 283 g/mol. The van der Waals surface area contributed by atoms with E-state index in [0.29, 0.717) is 11.3 Å². The van der Waals surface area contributed by atoms with Gasteiger partial charge in [0.25, 0.3) is 0 Å². The van der Waals surface area contributed by atoms with E-state index in [-0.39, 0.29) is 11.9 Å². The van der Waals surface area contributed by atoms with Crippen molar-refractivity contribution in [2.24, 2.45) is 5.73 Å². The van der Waals surface area contributed by atoms with Crippen molar-refractivity contribution in [1.29, 1.82) is 0 Å². The van der Waals surface area contributed by atoms with Gasteiger partial charge in [0, 0.05) is 5.39 Å². The standard InChI is InChI=1S/C18H18FNO/c1-12-5-7-13(8-6-12)9-10-16(20)17-11-14-3-2-4-15(19)18(14)21-17/h2-8,11,16H,9-10,20H2,1H3. The van der Waals surface area contributed by atoms with E-state index in [2.05, 4.69) is 31.2 Å². The van der Waals surface area contributed by atoms with Gasteiger partial charge in [-0.15, -0.1) is 0 Å². The van der Waals surface area contributed by atoms with Crippen LogP contribution in [-0.2, 0) is 6.42 Å². The molecule has 3 heteroatoms. The van der Waals surface area contributed by atoms with Crippen molar-refractivity contribution in [3.8, 4) is 0 Å². The van der Waals surface area contributed by atoms with Crippen molar-refractivity contribution in [3.63, 3.8) is 0 Å². The van der Waals surface area contributed by atoms with Gasteiger partial charge in [-0.25, -0.2) is 4.39 Å². The number of nitrogens with two attached hydrogens (primary N) is 1. The molecule has 0 aliphatic heterocycles. The molecule has 0 aliphatic rings. The van der Waals surface area contributed by atoms with E-state index in [1.54, 1.807) is 6.07 Å². The first-order valence-electron chi connectivity index (χ1n) is 7.12. The molecule has 0 saturated carbocycles. The number of para-hydroxylation sites is 1. The lowest BCUT2D eigenvalue weighted by molar-refractivity contribution is 0.465. The third kappa shape index (κ3) is 2.98. The Labute approximate surface area is 123 Å². The fourth-order valence-electron chi connectivity index (χ4n) is 2.45. The predicted octanol–water partition coefficient (Wildman–Crippen LogP) is 4.51. The van der Waals surface area contributed by atoms with Crippen molar-refractivity contribution in [3.05, 3.63) is 71.2 Å². The first kappa shape index (κ1) is 13.8. The number of fused-ring (bicyclic) bond motifs is 1. The lowest BCUT2D eigenvalue weighted by atomic mass is 10.0. The molecule has 0 amide bonds. The molecule has 2 aromatic carbocycles. The van der Waals surface area contributed by atoms with E-state index >= 15 is 0 Å². The van der Waals surface area contributed by atoms with Crippen LogP contribution >= 0.6 is 0 Å². The maximum atomic E-state index is 13.6. The van der Waals surface area contributed by atoms with E-state index in [9.17, 15) is 4.39 Å². The maximum Gasteiger partial charge on any atom is 0.169 e. The summed E-state index contributed by atoms with van der Waals surface area (Å²) >= 11 is 0. The molecule has 1 atom stereocenters. The highest BCUT2D eigenvalue weighted by atomic mass is 19.1. The zero-order valence-corrected chi connectivity index (χ0v) is 12.0. The monoisotopic (exact) mass is 283 g/mol. The Morgan fingerprint density at radius 1 is 1.14 bits per heavy atom. The van der Waals surface area contributed by atoms with Crippen LogP contribution in [0.3, 0.4) is 0 Å². The second kappa shape index (κ2) is 5.70. The fourth-order valence-corrected chi connectivity index (χ4v) is 2.45. The summed E-state index contributed by atoms with van der Waals surface area (Å²) in [6.45, 7) is 2.07. The van der Waals surface area contributed by atoms with Crippen LogP contribution in [0.15, 0.2) is 52.9 Å². The first-order chi connectivity index (χ1) is 10.1. The molecule has 1 aromatic heterocycles. The molecule has 2 nitrogen and oxygen atoms in total. The van der Waals surface area contributed by atoms with Crippen LogP contribution in [0.1, 0.15) is 29.3 Å². The largest absolute Gasteiger partial charge is 0.456 e. The Morgan fingerprint density at radius 2 is 1.90 bits per heavy atom. The van der Waals surface area contributed by atoms with Crippen LogP contribution in [0.25, 0.3) is 11.0 Å². The van der Waals surface area contributed by atoms with Crippen LogP contribution in [-0.4, -0.2) is 0 Å². The van der Waals surface area contributed by atoms with E-state index in [0.717, 1.165) is 18.2 Å². The fraction of sp³-hybridized carbons (Fsp3) is 0.222. The molecule has 21 heavy (non-hydrogen) atoms. The van der Waals surface area contributed by atoms with Crippen LogP contribution in [0.2, 0.25) is 0 Å². The molecular formula is C18H18FNO. The van der Waals surface area contributed by atoms with Crippen LogP contribution in [0, 0.1) is 12.7 Å². The highest BCUT2D eigenvalue weighted by molar-refractivity contribution is 5.78. The summed E-state index contributed by atoms with van der Waals surface area (Å²) in [5, 5.41) is 0.760. The molecular weight excluding hydrogens is 265 g/mol. The van der Waals surface area contributed by atoms with Gasteiger partial charge in [0.1, 0.15) is 5.76 Å². The molecule has 2 N–H and O–H groups in total. The van der Waals surface area contributed by atoms with E-state index in [1.165, 1.54) is 17.2 Å². The minimum absolute atomic E-state index is 0.224. The smallest absolute Gasteiger partial charge is 0.169 e. The lowest BCUT2D eigenvalue weighted by Gasteiger charge is -2.08. The number of furan rings is 1. The minimum atomic E-state index is -0.343. The van der Waals surface area contributed by atoms with Gasteiger partial charge in [-0.1, -0.05) is 42.0 Å². The molecule has 0 bridgehead atoms. The Morgan fingerprint density at radius 3 is 2.62 bits per heavy atom. The molecule has 0 spiro atoms. The number of aryl methyl sites for hydroxylation is 2. The second-order valence-electron chi connectivity index (χ2n) is 5.44. The zero-order valence-electron chi connectivity index (χ0n) is 12.0. The van der Waals surface area contributed by atoms with Crippen molar-refractivity contribution >= 4 is 11.0 Å². The number of halogens is 1. The number of rotatable bonds is 4. The van der Waals surface area contributed by atoms with Gasteiger partial charge in [0.2, 0.25) is 0 Å². The van der Waals surface area contributed by atoms with Gasteiger partial charge in [-0.3, -0.25) is 0 Å². The van der Waals surface area contributed by atoms with E-state index < -0.39 is 0 Å². The predicted molar refractivity (Wildman–Crippen MR) is 82.6 cm³/mol. The first-order valence-corrected chi connectivity index (χ1v) is 7.12. The summed E-state index contributed by atoms with van der Waals surface area (Å²) in [5.74, 6) is 0.298. The topological polar surface area (TPSA) is 39.2 Å². The lowest BCUT2D eigenvalue weighted by Crippen LogP contribution is -2.10. The number of benzene rings is 2. The second-order valence-corrected chi connectivity index (χ2v) is 5.44. The number of hydrogen-bond acceptors (Lipinski definition) is 2. The van der Waals surface area contributed by atoms with Gasteiger partial charge in [0.05, 0.1) is 6.04 Å². The normalized spacial score (nSPS) is 12.7. The summed E-state index contributed by atoms with van der Waals surface area (Å²) in [6, 6.07) is 14.9. The molecule has 3 rings (SSSR count). The van der Waals surface area contributed by atoms with Gasteiger partial charge >= 0.3 is 0 Å². The molecule has 1 unspecified atom stereocenters. The summed E-state index contributed by atoms with van der Waals surface area (Å²) in [4.78, 5) is 0. The quantitative estimate of drug-likeness (QED) is 0.765. The van der Waals surface area contributed by atoms with Gasteiger partial charge in [0.15, 0.2) is 11.4 Å². The highest BCUT2D eigenvalue weighted by Crippen LogP contribution is 2.27. The summed E-state index contributed by atoms with van der Waals surface area (Å²) in [7, 11) is 0.